The minimum absolute atomic E-state index is 0.428. The molecule has 18 heavy (non-hydrogen) atoms. The van der Waals surface area contributed by atoms with Gasteiger partial charge >= 0.3 is 5.97 Å². The highest BCUT2D eigenvalue weighted by molar-refractivity contribution is 5.73. The van der Waals surface area contributed by atoms with Crippen molar-refractivity contribution in [3.8, 4) is 5.88 Å². The maximum absolute atomic E-state index is 11.0. The molecule has 0 bridgehead atoms. The number of nitrogens with zero attached hydrogens (tertiary/aromatic N) is 1. The first kappa shape index (κ1) is 14.4. The topological polar surface area (TPSA) is 71.5 Å². The molecule has 0 aliphatic heterocycles. The van der Waals surface area contributed by atoms with Gasteiger partial charge < -0.3 is 9.84 Å². The zero-order valence-electron chi connectivity index (χ0n) is 10.8. The molecule has 5 nitrogen and oxygen atoms in total. The third kappa shape index (κ3) is 4.71. The summed E-state index contributed by atoms with van der Waals surface area (Å²) in [5.41, 5.74) is 0.775. The van der Waals surface area contributed by atoms with E-state index in [1.54, 1.807) is 13.2 Å². The molecule has 0 aliphatic rings. The molecule has 1 rings (SSSR count). The molecule has 0 aliphatic carbocycles. The number of ether oxygens (including phenoxy) is 1. The Morgan fingerprint density at radius 2 is 2.33 bits per heavy atom. The number of rotatable bonds is 8. The van der Waals surface area contributed by atoms with Gasteiger partial charge in [-0.05, 0) is 12.5 Å². The van der Waals surface area contributed by atoms with Crippen molar-refractivity contribution in [2.45, 2.75) is 38.8 Å². The first-order chi connectivity index (χ1) is 8.67. The van der Waals surface area contributed by atoms with Crippen LogP contribution in [0.1, 0.15) is 31.9 Å². The molecular formula is C13H20N2O3. The van der Waals surface area contributed by atoms with Gasteiger partial charge in [-0.25, -0.2) is 4.98 Å². The van der Waals surface area contributed by atoms with E-state index in [0.29, 0.717) is 18.8 Å². The second kappa shape index (κ2) is 7.66. The monoisotopic (exact) mass is 252 g/mol. The number of unbranched alkanes of at least 4 members (excludes halogenated alkanes) is 1. The summed E-state index contributed by atoms with van der Waals surface area (Å²) in [6, 6.07) is 4.92. The summed E-state index contributed by atoms with van der Waals surface area (Å²) in [4.78, 5) is 15.3. The van der Waals surface area contributed by atoms with Gasteiger partial charge in [-0.3, -0.25) is 10.1 Å². The maximum atomic E-state index is 11.0. The van der Waals surface area contributed by atoms with Crippen LogP contribution < -0.4 is 10.1 Å². The molecule has 0 saturated heterocycles. The molecule has 5 heteroatoms. The molecule has 2 N–H and O–H groups in total. The molecule has 0 fully saturated rings. The highest BCUT2D eigenvalue weighted by Crippen LogP contribution is 2.07. The van der Waals surface area contributed by atoms with Gasteiger partial charge in [-0.15, -0.1) is 0 Å². The van der Waals surface area contributed by atoms with Gasteiger partial charge in [0.05, 0.1) is 12.8 Å². The molecule has 0 amide bonds. The summed E-state index contributed by atoms with van der Waals surface area (Å²) in [7, 11) is 1.56. The second-order valence-electron chi connectivity index (χ2n) is 4.09. The summed E-state index contributed by atoms with van der Waals surface area (Å²) in [5, 5.41) is 12.1. The smallest absolute Gasteiger partial charge is 0.320 e. The van der Waals surface area contributed by atoms with Gasteiger partial charge in [0.1, 0.15) is 6.04 Å². The molecule has 1 atom stereocenters. The lowest BCUT2D eigenvalue weighted by atomic mass is 10.1. The summed E-state index contributed by atoms with van der Waals surface area (Å²) in [6.45, 7) is 2.47. The Morgan fingerprint density at radius 3 is 2.94 bits per heavy atom. The van der Waals surface area contributed by atoms with Crippen LogP contribution in [0.2, 0.25) is 0 Å². The molecule has 0 unspecified atom stereocenters. The fourth-order valence-electron chi connectivity index (χ4n) is 1.62. The van der Waals surface area contributed by atoms with Crippen molar-refractivity contribution < 1.29 is 14.6 Å². The number of pyridine rings is 1. The fourth-order valence-corrected chi connectivity index (χ4v) is 1.62. The van der Waals surface area contributed by atoms with E-state index in [4.69, 9.17) is 9.84 Å². The second-order valence-corrected chi connectivity index (χ2v) is 4.09. The van der Waals surface area contributed by atoms with Crippen LogP contribution in [0.4, 0.5) is 0 Å². The third-order valence-corrected chi connectivity index (χ3v) is 2.66. The number of nitrogens with one attached hydrogen (secondary N) is 1. The summed E-state index contributed by atoms with van der Waals surface area (Å²) in [5.74, 6) is -0.277. The van der Waals surface area contributed by atoms with Crippen LogP contribution in [-0.2, 0) is 11.3 Å². The van der Waals surface area contributed by atoms with Crippen LogP contribution in [0.5, 0.6) is 5.88 Å². The average molecular weight is 252 g/mol. The number of aliphatic carboxylic acids is 1. The number of hydrogen-bond donors (Lipinski definition) is 2. The minimum atomic E-state index is -0.814. The van der Waals surface area contributed by atoms with E-state index in [1.165, 1.54) is 0 Å². The number of carbonyl (C=O) groups is 1. The van der Waals surface area contributed by atoms with E-state index < -0.39 is 12.0 Å². The van der Waals surface area contributed by atoms with Gasteiger partial charge in [0.25, 0.3) is 0 Å². The van der Waals surface area contributed by atoms with Crippen LogP contribution in [0.25, 0.3) is 0 Å². The Labute approximate surface area is 107 Å². The fraction of sp³-hybridized carbons (Fsp3) is 0.538. The van der Waals surface area contributed by atoms with Crippen LogP contribution in [-0.4, -0.2) is 29.2 Å². The van der Waals surface area contributed by atoms with Crippen molar-refractivity contribution >= 4 is 5.97 Å². The summed E-state index contributed by atoms with van der Waals surface area (Å²) >= 11 is 0. The van der Waals surface area contributed by atoms with Crippen molar-refractivity contribution in [1.29, 1.82) is 0 Å². The van der Waals surface area contributed by atoms with Crippen LogP contribution in [0, 0.1) is 0 Å². The molecular weight excluding hydrogens is 232 g/mol. The summed E-state index contributed by atoms with van der Waals surface area (Å²) < 4.78 is 5.02. The molecule has 1 aromatic rings. The van der Waals surface area contributed by atoms with Gasteiger partial charge in [-0.2, -0.15) is 0 Å². The Balaban J connectivity index is 2.52. The molecule has 0 aromatic carbocycles. The Bertz CT molecular complexity index is 382. The lowest BCUT2D eigenvalue weighted by Gasteiger charge is -2.13. The molecule has 100 valence electrons. The number of carboxylic acid groups (broad SMARTS) is 1. The van der Waals surface area contributed by atoms with Crippen molar-refractivity contribution in [3.05, 3.63) is 23.9 Å². The SMILES string of the molecule is CCCC[C@H](NCc1cccc(OC)n1)C(=O)O. The van der Waals surface area contributed by atoms with E-state index in [-0.39, 0.29) is 0 Å². The van der Waals surface area contributed by atoms with Crippen molar-refractivity contribution in [1.82, 2.24) is 10.3 Å². The van der Waals surface area contributed by atoms with Gasteiger partial charge in [0.15, 0.2) is 0 Å². The largest absolute Gasteiger partial charge is 0.481 e. The lowest BCUT2D eigenvalue weighted by Crippen LogP contribution is -2.36. The van der Waals surface area contributed by atoms with Crippen LogP contribution in [0.3, 0.4) is 0 Å². The first-order valence-electron chi connectivity index (χ1n) is 6.13. The highest BCUT2D eigenvalue weighted by Gasteiger charge is 2.15. The van der Waals surface area contributed by atoms with E-state index in [2.05, 4.69) is 10.3 Å². The summed E-state index contributed by atoms with van der Waals surface area (Å²) in [6.07, 6.45) is 2.52. The van der Waals surface area contributed by atoms with Gasteiger partial charge in [0, 0.05) is 12.6 Å². The van der Waals surface area contributed by atoms with E-state index in [0.717, 1.165) is 18.5 Å². The average Bonchev–Trinajstić information content (AvgIpc) is 2.38. The maximum Gasteiger partial charge on any atom is 0.320 e. The minimum Gasteiger partial charge on any atom is -0.481 e. The van der Waals surface area contributed by atoms with Crippen molar-refractivity contribution in [2.75, 3.05) is 7.11 Å². The molecule has 1 aromatic heterocycles. The predicted molar refractivity (Wildman–Crippen MR) is 68.6 cm³/mol. The normalized spacial score (nSPS) is 12.1. The van der Waals surface area contributed by atoms with Gasteiger partial charge in [0.2, 0.25) is 5.88 Å². The quantitative estimate of drug-likeness (QED) is 0.738. The predicted octanol–water partition coefficient (Wildman–Crippen LogP) is 1.82. The zero-order chi connectivity index (χ0) is 13.4. The Morgan fingerprint density at radius 1 is 1.56 bits per heavy atom. The molecule has 0 saturated carbocycles. The van der Waals surface area contributed by atoms with E-state index >= 15 is 0 Å². The Hall–Kier alpha value is -1.62. The number of hydrogen-bond acceptors (Lipinski definition) is 4. The van der Waals surface area contributed by atoms with Crippen LogP contribution in [0.15, 0.2) is 18.2 Å². The van der Waals surface area contributed by atoms with Crippen molar-refractivity contribution in [3.63, 3.8) is 0 Å². The lowest BCUT2D eigenvalue weighted by molar-refractivity contribution is -0.139. The highest BCUT2D eigenvalue weighted by atomic mass is 16.5. The standard InChI is InChI=1S/C13H20N2O3/c1-3-4-7-11(13(16)17)14-9-10-6-5-8-12(15-10)18-2/h5-6,8,11,14H,3-4,7,9H2,1-2H3,(H,16,17)/t11-/m0/s1. The molecule has 0 radical (unpaired) electrons. The van der Waals surface area contributed by atoms with Crippen LogP contribution >= 0.6 is 0 Å². The third-order valence-electron chi connectivity index (χ3n) is 2.66. The zero-order valence-corrected chi connectivity index (χ0v) is 10.8. The number of methoxy groups -OCH3 is 1. The molecule has 1 heterocycles. The van der Waals surface area contributed by atoms with Crippen molar-refractivity contribution in [2.24, 2.45) is 0 Å². The Kier molecular flexibility index (Phi) is 6.14. The van der Waals surface area contributed by atoms with Gasteiger partial charge in [-0.1, -0.05) is 25.8 Å². The molecule has 0 spiro atoms. The number of carboxylic acids is 1. The van der Waals surface area contributed by atoms with E-state index in [1.807, 2.05) is 19.1 Å². The van der Waals surface area contributed by atoms with E-state index in [9.17, 15) is 4.79 Å². The number of aromatic nitrogens is 1. The first-order valence-corrected chi connectivity index (χ1v) is 6.13.